The van der Waals surface area contributed by atoms with E-state index in [1.807, 2.05) is 41.5 Å². The van der Waals surface area contributed by atoms with Crippen LogP contribution in [0.4, 0.5) is 11.4 Å². The third-order valence-electron chi connectivity index (χ3n) is 5.24. The van der Waals surface area contributed by atoms with Crippen molar-refractivity contribution >= 4 is 28.6 Å². The molecule has 2 heterocycles. The predicted molar refractivity (Wildman–Crippen MR) is 118 cm³/mol. The molecule has 1 N–H and O–H groups in total. The summed E-state index contributed by atoms with van der Waals surface area (Å²) in [5.41, 5.74) is 3.81. The monoisotopic (exact) mass is 422 g/mol. The first-order chi connectivity index (χ1) is 14.5. The maximum Gasteiger partial charge on any atom is 0.293 e. The molecule has 0 bridgehead atoms. The quantitative estimate of drug-likeness (QED) is 0.465. The maximum absolute atomic E-state index is 12.6. The van der Waals surface area contributed by atoms with E-state index < -0.39 is 4.92 Å². The van der Waals surface area contributed by atoms with Crippen molar-refractivity contribution in [2.75, 3.05) is 18.0 Å². The Balaban J connectivity index is 1.46. The summed E-state index contributed by atoms with van der Waals surface area (Å²) in [6.07, 6.45) is 2.05. The van der Waals surface area contributed by atoms with Crippen molar-refractivity contribution in [1.82, 2.24) is 10.3 Å². The van der Waals surface area contributed by atoms with Crippen molar-refractivity contribution in [1.29, 1.82) is 0 Å². The van der Waals surface area contributed by atoms with E-state index in [2.05, 4.69) is 10.3 Å². The van der Waals surface area contributed by atoms with Gasteiger partial charge in [0.25, 0.3) is 11.6 Å². The van der Waals surface area contributed by atoms with E-state index in [4.69, 9.17) is 0 Å². The molecule has 30 heavy (non-hydrogen) atoms. The van der Waals surface area contributed by atoms with E-state index in [1.54, 1.807) is 12.1 Å². The largest absolute Gasteiger partial charge is 0.366 e. The number of nitrogens with one attached hydrogen (secondary N) is 1. The van der Waals surface area contributed by atoms with Crippen LogP contribution >= 0.6 is 11.3 Å². The lowest BCUT2D eigenvalue weighted by molar-refractivity contribution is -0.384. The average Bonchev–Trinajstić information content (AvgIpc) is 3.44. The highest BCUT2D eigenvalue weighted by atomic mass is 32.1. The van der Waals surface area contributed by atoms with Gasteiger partial charge in [0.1, 0.15) is 10.7 Å². The van der Waals surface area contributed by atoms with Gasteiger partial charge in [-0.25, -0.2) is 4.98 Å². The molecule has 4 rings (SSSR count). The number of carbonyl (C=O) groups is 1. The zero-order chi connectivity index (χ0) is 21.1. The van der Waals surface area contributed by atoms with Crippen LogP contribution < -0.4 is 10.2 Å². The molecule has 7 nitrogen and oxygen atoms in total. The molecule has 0 aliphatic carbocycles. The fraction of sp³-hybridized carbons (Fsp3) is 0.273. The van der Waals surface area contributed by atoms with Gasteiger partial charge in [-0.15, -0.1) is 11.3 Å². The number of nitro groups is 1. The Bertz CT molecular complexity index is 1090. The van der Waals surface area contributed by atoms with Crippen LogP contribution in [0.1, 0.15) is 34.5 Å². The molecule has 1 aromatic heterocycles. The summed E-state index contributed by atoms with van der Waals surface area (Å²) >= 11 is 1.53. The molecule has 1 amide bonds. The van der Waals surface area contributed by atoms with Crippen molar-refractivity contribution in [2.45, 2.75) is 26.3 Å². The smallest absolute Gasteiger partial charge is 0.293 e. The summed E-state index contributed by atoms with van der Waals surface area (Å²) in [5.74, 6) is -0.350. The van der Waals surface area contributed by atoms with Crippen molar-refractivity contribution in [3.05, 3.63) is 74.8 Å². The first-order valence-electron chi connectivity index (χ1n) is 9.85. The van der Waals surface area contributed by atoms with Crippen LogP contribution in [0.15, 0.2) is 47.8 Å². The van der Waals surface area contributed by atoms with Gasteiger partial charge in [0.2, 0.25) is 0 Å². The highest BCUT2D eigenvalue weighted by Gasteiger charge is 2.23. The van der Waals surface area contributed by atoms with Gasteiger partial charge in [-0.05, 0) is 37.5 Å². The highest BCUT2D eigenvalue weighted by Crippen LogP contribution is 2.32. The fourth-order valence-electron chi connectivity index (χ4n) is 3.63. The first kappa shape index (κ1) is 20.0. The Labute approximate surface area is 178 Å². The third-order valence-corrected chi connectivity index (χ3v) is 6.16. The average molecular weight is 423 g/mol. The Morgan fingerprint density at radius 2 is 2.00 bits per heavy atom. The number of thiazole rings is 1. The van der Waals surface area contributed by atoms with Crippen molar-refractivity contribution in [2.24, 2.45) is 0 Å². The molecular weight excluding hydrogens is 400 g/mol. The van der Waals surface area contributed by atoms with E-state index in [0.29, 0.717) is 5.69 Å². The Kier molecular flexibility index (Phi) is 5.76. The standard InChI is InChI=1S/C22H22N4O3S/c1-15-6-2-3-7-18(15)22-24-17(14-30-22)13-23-21(27)16-8-9-19(20(12-16)26(28)29)25-10-4-5-11-25/h2-3,6-9,12,14H,4-5,10-11,13H2,1H3,(H,23,27). The molecule has 1 fully saturated rings. The molecule has 1 aliphatic heterocycles. The number of carbonyl (C=O) groups excluding carboxylic acids is 1. The minimum absolute atomic E-state index is 0.0277. The Morgan fingerprint density at radius 3 is 2.73 bits per heavy atom. The summed E-state index contributed by atoms with van der Waals surface area (Å²) in [7, 11) is 0. The number of nitrogens with zero attached hydrogens (tertiary/aromatic N) is 3. The van der Waals surface area contributed by atoms with Gasteiger partial charge < -0.3 is 10.2 Å². The molecule has 8 heteroatoms. The Morgan fingerprint density at radius 1 is 1.23 bits per heavy atom. The lowest BCUT2D eigenvalue weighted by Crippen LogP contribution is -2.24. The minimum atomic E-state index is -0.417. The predicted octanol–water partition coefficient (Wildman–Crippen LogP) is 4.56. The van der Waals surface area contributed by atoms with E-state index in [1.165, 1.54) is 17.4 Å². The highest BCUT2D eigenvalue weighted by molar-refractivity contribution is 7.13. The molecule has 0 radical (unpaired) electrons. The lowest BCUT2D eigenvalue weighted by atomic mass is 10.1. The van der Waals surface area contributed by atoms with E-state index in [-0.39, 0.29) is 23.7 Å². The Hall–Kier alpha value is -3.26. The van der Waals surface area contributed by atoms with Crippen LogP contribution in [-0.2, 0) is 6.54 Å². The van der Waals surface area contributed by atoms with Crippen LogP contribution in [0.2, 0.25) is 0 Å². The number of amides is 1. The summed E-state index contributed by atoms with van der Waals surface area (Å²) in [6, 6.07) is 12.7. The van der Waals surface area contributed by atoms with Crippen LogP contribution in [0, 0.1) is 17.0 Å². The first-order valence-corrected chi connectivity index (χ1v) is 10.7. The molecule has 154 valence electrons. The summed E-state index contributed by atoms with van der Waals surface area (Å²) in [5, 5.41) is 17.2. The molecule has 1 saturated heterocycles. The summed E-state index contributed by atoms with van der Waals surface area (Å²) in [6.45, 7) is 3.92. The molecule has 0 spiro atoms. The van der Waals surface area contributed by atoms with Gasteiger partial charge in [-0.1, -0.05) is 24.3 Å². The van der Waals surface area contributed by atoms with E-state index in [0.717, 1.165) is 47.8 Å². The molecular formula is C22H22N4O3S. The fourth-order valence-corrected chi connectivity index (χ4v) is 4.54. The van der Waals surface area contributed by atoms with Crippen LogP contribution in [0.5, 0.6) is 0 Å². The van der Waals surface area contributed by atoms with Crippen LogP contribution in [0.3, 0.4) is 0 Å². The molecule has 2 aromatic carbocycles. The number of aryl methyl sites for hydroxylation is 1. The van der Waals surface area contributed by atoms with Gasteiger partial charge in [-0.3, -0.25) is 14.9 Å². The second kappa shape index (κ2) is 8.62. The third kappa shape index (κ3) is 4.18. The van der Waals surface area contributed by atoms with E-state index >= 15 is 0 Å². The van der Waals surface area contributed by atoms with Gasteiger partial charge in [0.05, 0.1) is 17.2 Å². The topological polar surface area (TPSA) is 88.4 Å². The zero-order valence-corrected chi connectivity index (χ0v) is 17.4. The van der Waals surface area contributed by atoms with Gasteiger partial charge >= 0.3 is 0 Å². The van der Waals surface area contributed by atoms with Gasteiger partial charge in [0, 0.05) is 35.7 Å². The lowest BCUT2D eigenvalue weighted by Gasteiger charge is -2.17. The van der Waals surface area contributed by atoms with Gasteiger partial charge in [-0.2, -0.15) is 0 Å². The number of hydrogen-bond acceptors (Lipinski definition) is 6. The number of anilines is 1. The number of rotatable bonds is 6. The zero-order valence-electron chi connectivity index (χ0n) is 16.6. The minimum Gasteiger partial charge on any atom is -0.366 e. The number of hydrogen-bond donors (Lipinski definition) is 1. The number of nitro benzene ring substituents is 1. The maximum atomic E-state index is 12.6. The SMILES string of the molecule is Cc1ccccc1-c1nc(CNC(=O)c2ccc(N3CCCC3)c([N+](=O)[O-])c2)cs1. The molecule has 0 unspecified atom stereocenters. The van der Waals surface area contributed by atoms with Crippen LogP contribution in [-0.4, -0.2) is 28.9 Å². The number of aromatic nitrogens is 1. The summed E-state index contributed by atoms with van der Waals surface area (Å²) < 4.78 is 0. The van der Waals surface area contributed by atoms with E-state index in [9.17, 15) is 14.9 Å². The molecule has 0 atom stereocenters. The van der Waals surface area contributed by atoms with Crippen molar-refractivity contribution in [3.63, 3.8) is 0 Å². The molecule has 1 aliphatic rings. The second-order valence-electron chi connectivity index (χ2n) is 7.30. The normalized spacial score (nSPS) is 13.4. The number of benzene rings is 2. The van der Waals surface area contributed by atoms with Gasteiger partial charge in [0.15, 0.2) is 0 Å². The van der Waals surface area contributed by atoms with Crippen molar-refractivity contribution in [3.8, 4) is 10.6 Å². The second-order valence-corrected chi connectivity index (χ2v) is 8.15. The van der Waals surface area contributed by atoms with Crippen LogP contribution in [0.25, 0.3) is 10.6 Å². The summed E-state index contributed by atoms with van der Waals surface area (Å²) in [4.78, 5) is 30.3. The molecule has 0 saturated carbocycles. The molecule has 3 aromatic rings. The van der Waals surface area contributed by atoms with Crippen molar-refractivity contribution < 1.29 is 9.72 Å².